The molecule has 2 aromatic heterocycles. The number of para-hydroxylation sites is 1. The Morgan fingerprint density at radius 2 is 2.20 bits per heavy atom. The molecule has 0 radical (unpaired) electrons. The lowest BCUT2D eigenvalue weighted by Gasteiger charge is -2.08. The number of hydrogen-bond acceptors (Lipinski definition) is 3. The topological polar surface area (TPSA) is 67.3 Å². The largest absolute Gasteiger partial charge is 0.496 e. The molecule has 0 fully saturated rings. The fourth-order valence-corrected chi connectivity index (χ4v) is 2.09. The number of furan rings is 1. The van der Waals surface area contributed by atoms with E-state index in [-0.39, 0.29) is 5.91 Å². The molecule has 0 aliphatic rings. The Kier molecular flexibility index (Phi) is 3.16. The van der Waals surface area contributed by atoms with Crippen LogP contribution in [-0.4, -0.2) is 18.0 Å². The van der Waals surface area contributed by atoms with E-state index < -0.39 is 0 Å². The third kappa shape index (κ3) is 2.25. The van der Waals surface area contributed by atoms with Crippen LogP contribution in [0.2, 0.25) is 0 Å². The highest BCUT2D eigenvalue weighted by molar-refractivity contribution is 5.96. The predicted molar refractivity (Wildman–Crippen MR) is 74.7 cm³/mol. The van der Waals surface area contributed by atoms with E-state index in [9.17, 15) is 4.79 Å². The van der Waals surface area contributed by atoms with Gasteiger partial charge in [0.1, 0.15) is 11.4 Å². The number of rotatable bonds is 4. The third-order valence-corrected chi connectivity index (χ3v) is 3.12. The van der Waals surface area contributed by atoms with Crippen LogP contribution in [-0.2, 0) is 6.54 Å². The molecule has 5 heteroatoms. The van der Waals surface area contributed by atoms with Crippen LogP contribution in [0.25, 0.3) is 11.1 Å². The highest BCUT2D eigenvalue weighted by atomic mass is 16.5. The maximum Gasteiger partial charge on any atom is 0.268 e. The van der Waals surface area contributed by atoms with Crippen LogP contribution in [0, 0.1) is 0 Å². The van der Waals surface area contributed by atoms with Crippen molar-refractivity contribution in [2.24, 2.45) is 0 Å². The molecule has 2 N–H and O–H groups in total. The molecule has 1 amide bonds. The minimum absolute atomic E-state index is 0.178. The molecule has 2 heterocycles. The normalized spacial score (nSPS) is 10.7. The van der Waals surface area contributed by atoms with Gasteiger partial charge in [0.25, 0.3) is 5.91 Å². The quantitative estimate of drug-likeness (QED) is 0.766. The van der Waals surface area contributed by atoms with Crippen molar-refractivity contribution >= 4 is 17.0 Å². The number of nitrogens with one attached hydrogen (secondary N) is 2. The summed E-state index contributed by atoms with van der Waals surface area (Å²) in [6.45, 7) is 0.406. The Balaban J connectivity index is 1.71. The van der Waals surface area contributed by atoms with Gasteiger partial charge in [-0.2, -0.15) is 0 Å². The van der Waals surface area contributed by atoms with Crippen molar-refractivity contribution in [1.29, 1.82) is 0 Å². The zero-order valence-corrected chi connectivity index (χ0v) is 11.0. The standard InChI is InChI=1S/C15H14N2O3/c1-19-13-5-3-2-4-10(13)9-16-15(18)12-8-14-11(17-12)6-7-20-14/h2-8,17H,9H2,1H3,(H,16,18). The summed E-state index contributed by atoms with van der Waals surface area (Å²) in [5.74, 6) is 0.579. The van der Waals surface area contributed by atoms with E-state index in [1.54, 1.807) is 25.5 Å². The molecule has 0 aliphatic carbocycles. The van der Waals surface area contributed by atoms with Crippen LogP contribution >= 0.6 is 0 Å². The van der Waals surface area contributed by atoms with Crippen LogP contribution in [0.15, 0.2) is 47.1 Å². The van der Waals surface area contributed by atoms with E-state index in [0.717, 1.165) is 16.8 Å². The maximum absolute atomic E-state index is 12.1. The SMILES string of the molecule is COc1ccccc1CNC(=O)c1cc2occc2[nH]1. The number of ether oxygens (including phenoxy) is 1. The van der Waals surface area contributed by atoms with Gasteiger partial charge in [0, 0.05) is 24.2 Å². The number of carbonyl (C=O) groups excluding carboxylic acids is 1. The lowest BCUT2D eigenvalue weighted by Crippen LogP contribution is -2.23. The molecule has 0 atom stereocenters. The molecular formula is C15H14N2O3. The highest BCUT2D eigenvalue weighted by Crippen LogP contribution is 2.18. The first-order valence-electron chi connectivity index (χ1n) is 6.24. The van der Waals surface area contributed by atoms with Gasteiger partial charge in [-0.3, -0.25) is 4.79 Å². The van der Waals surface area contributed by atoms with Crippen molar-refractivity contribution in [3.63, 3.8) is 0 Å². The minimum Gasteiger partial charge on any atom is -0.496 e. The number of fused-ring (bicyclic) bond motifs is 1. The van der Waals surface area contributed by atoms with E-state index >= 15 is 0 Å². The molecule has 102 valence electrons. The van der Waals surface area contributed by atoms with Crippen molar-refractivity contribution < 1.29 is 13.9 Å². The van der Waals surface area contributed by atoms with Gasteiger partial charge in [0.2, 0.25) is 0 Å². The minimum atomic E-state index is -0.178. The van der Waals surface area contributed by atoms with Gasteiger partial charge in [0.05, 0.1) is 18.9 Å². The van der Waals surface area contributed by atoms with E-state index in [1.165, 1.54) is 0 Å². The second-order valence-electron chi connectivity index (χ2n) is 4.38. The summed E-state index contributed by atoms with van der Waals surface area (Å²) in [5.41, 5.74) is 2.90. The van der Waals surface area contributed by atoms with Gasteiger partial charge in [-0.05, 0) is 6.07 Å². The smallest absolute Gasteiger partial charge is 0.268 e. The maximum atomic E-state index is 12.1. The van der Waals surface area contributed by atoms with Crippen molar-refractivity contribution in [2.75, 3.05) is 7.11 Å². The summed E-state index contributed by atoms with van der Waals surface area (Å²) in [4.78, 5) is 15.1. The average Bonchev–Trinajstić information content (AvgIpc) is 3.06. The van der Waals surface area contributed by atoms with Gasteiger partial charge in [-0.1, -0.05) is 18.2 Å². The number of hydrogen-bond donors (Lipinski definition) is 2. The van der Waals surface area contributed by atoms with Crippen molar-refractivity contribution in [1.82, 2.24) is 10.3 Å². The van der Waals surface area contributed by atoms with Gasteiger partial charge < -0.3 is 19.5 Å². The average molecular weight is 270 g/mol. The predicted octanol–water partition coefficient (Wildman–Crippen LogP) is 2.70. The molecule has 0 unspecified atom stereocenters. The number of aromatic amines is 1. The molecule has 5 nitrogen and oxygen atoms in total. The van der Waals surface area contributed by atoms with Gasteiger partial charge in [0.15, 0.2) is 5.58 Å². The first-order valence-corrected chi connectivity index (χ1v) is 6.24. The summed E-state index contributed by atoms with van der Waals surface area (Å²) in [5, 5.41) is 2.85. The Hall–Kier alpha value is -2.69. The van der Waals surface area contributed by atoms with Crippen LogP contribution < -0.4 is 10.1 Å². The number of methoxy groups -OCH3 is 1. The number of amides is 1. The molecule has 20 heavy (non-hydrogen) atoms. The van der Waals surface area contributed by atoms with E-state index in [2.05, 4.69) is 10.3 Å². The van der Waals surface area contributed by atoms with E-state index in [4.69, 9.17) is 9.15 Å². The summed E-state index contributed by atoms with van der Waals surface area (Å²) in [6, 6.07) is 11.1. The van der Waals surface area contributed by atoms with E-state index in [0.29, 0.717) is 17.8 Å². The third-order valence-electron chi connectivity index (χ3n) is 3.12. The summed E-state index contributed by atoms with van der Waals surface area (Å²) < 4.78 is 10.5. The summed E-state index contributed by atoms with van der Waals surface area (Å²) in [6.07, 6.45) is 1.58. The van der Waals surface area contributed by atoms with Crippen molar-refractivity contribution in [3.05, 3.63) is 53.9 Å². The Morgan fingerprint density at radius 1 is 1.35 bits per heavy atom. The first-order chi connectivity index (χ1) is 9.78. The van der Waals surface area contributed by atoms with Crippen molar-refractivity contribution in [3.8, 4) is 5.75 Å². The second-order valence-corrected chi connectivity index (χ2v) is 4.38. The Labute approximate surface area is 115 Å². The molecule has 0 saturated carbocycles. The molecule has 0 bridgehead atoms. The molecule has 0 aliphatic heterocycles. The first kappa shape index (κ1) is 12.3. The molecule has 3 aromatic rings. The van der Waals surface area contributed by atoms with Crippen LogP contribution in [0.4, 0.5) is 0 Å². The van der Waals surface area contributed by atoms with Gasteiger partial charge >= 0.3 is 0 Å². The number of aromatic nitrogens is 1. The Morgan fingerprint density at radius 3 is 3.00 bits per heavy atom. The van der Waals surface area contributed by atoms with Gasteiger partial charge in [-0.15, -0.1) is 0 Å². The number of carbonyl (C=O) groups is 1. The number of benzene rings is 1. The summed E-state index contributed by atoms with van der Waals surface area (Å²) in [7, 11) is 1.61. The second kappa shape index (κ2) is 5.13. The Bertz CT molecular complexity index is 714. The highest BCUT2D eigenvalue weighted by Gasteiger charge is 2.11. The molecule has 0 spiro atoms. The molecule has 0 saturated heterocycles. The van der Waals surface area contributed by atoms with Crippen molar-refractivity contribution in [2.45, 2.75) is 6.54 Å². The zero-order valence-electron chi connectivity index (χ0n) is 11.0. The number of H-pyrrole nitrogens is 1. The molecule has 1 aromatic carbocycles. The molecular weight excluding hydrogens is 256 g/mol. The van der Waals surface area contributed by atoms with E-state index in [1.807, 2.05) is 24.3 Å². The monoisotopic (exact) mass is 270 g/mol. The fourth-order valence-electron chi connectivity index (χ4n) is 2.09. The van der Waals surface area contributed by atoms with Crippen LogP contribution in [0.5, 0.6) is 5.75 Å². The van der Waals surface area contributed by atoms with Crippen LogP contribution in [0.1, 0.15) is 16.1 Å². The van der Waals surface area contributed by atoms with Crippen LogP contribution in [0.3, 0.4) is 0 Å². The van der Waals surface area contributed by atoms with Gasteiger partial charge in [-0.25, -0.2) is 0 Å². The molecule has 3 rings (SSSR count). The zero-order chi connectivity index (χ0) is 13.9. The lowest BCUT2D eigenvalue weighted by atomic mass is 10.2. The fraction of sp³-hybridized carbons (Fsp3) is 0.133. The lowest BCUT2D eigenvalue weighted by molar-refractivity contribution is 0.0946. The summed E-state index contributed by atoms with van der Waals surface area (Å²) >= 11 is 0.